The van der Waals surface area contributed by atoms with E-state index >= 15 is 0 Å². The number of carbonyl (C=O) groups is 4. The lowest BCUT2D eigenvalue weighted by Crippen LogP contribution is -2.45. The second-order valence-corrected chi connectivity index (χ2v) is 7.40. The van der Waals surface area contributed by atoms with Gasteiger partial charge in [-0.15, -0.1) is 0 Å². The average Bonchev–Trinajstić information content (AvgIpc) is 3.01. The lowest BCUT2D eigenvalue weighted by atomic mass is 10.1. The summed E-state index contributed by atoms with van der Waals surface area (Å²) in [6.07, 6.45) is 1.65. The molecule has 30 heavy (non-hydrogen) atoms. The summed E-state index contributed by atoms with van der Waals surface area (Å²) in [4.78, 5) is 51.8. The Balaban J connectivity index is 1.45. The van der Waals surface area contributed by atoms with E-state index < -0.39 is 24.3 Å². The minimum atomic E-state index is -0.553. The van der Waals surface area contributed by atoms with Gasteiger partial charge in [-0.3, -0.25) is 24.1 Å². The number of nitrogens with one attached hydrogen (secondary N) is 1. The van der Waals surface area contributed by atoms with Crippen LogP contribution in [0.1, 0.15) is 39.6 Å². The molecule has 0 aliphatic carbocycles. The minimum Gasteiger partial charge on any atom is -0.345 e. The molecule has 1 atom stereocenters. The highest BCUT2D eigenvalue weighted by Gasteiger charge is 2.36. The van der Waals surface area contributed by atoms with Crippen LogP contribution in [0.25, 0.3) is 0 Å². The van der Waals surface area contributed by atoms with Crippen LogP contribution >= 0.6 is 0 Å². The van der Waals surface area contributed by atoms with Crippen molar-refractivity contribution in [2.24, 2.45) is 0 Å². The van der Waals surface area contributed by atoms with E-state index in [0.717, 1.165) is 17.7 Å². The van der Waals surface area contributed by atoms with Gasteiger partial charge in [-0.05, 0) is 37.5 Å². The molecule has 1 aliphatic heterocycles. The molecular formula is C23H25N3O4. The first-order valence-electron chi connectivity index (χ1n) is 9.90. The van der Waals surface area contributed by atoms with Crippen LogP contribution in [0.15, 0.2) is 54.6 Å². The van der Waals surface area contributed by atoms with E-state index in [2.05, 4.69) is 5.32 Å². The number of amides is 4. The number of likely N-dealkylation sites (N-methyl/N-ethyl adjacent to an activating group) is 1. The molecule has 156 valence electrons. The summed E-state index contributed by atoms with van der Waals surface area (Å²) in [5.74, 6) is -1.78. The molecule has 1 aliphatic rings. The summed E-state index contributed by atoms with van der Waals surface area (Å²) in [6, 6.07) is 16.5. The van der Waals surface area contributed by atoms with Gasteiger partial charge in [0.15, 0.2) is 0 Å². The minimum absolute atomic E-state index is 0.00541. The van der Waals surface area contributed by atoms with Crippen molar-refractivity contribution < 1.29 is 19.2 Å². The summed E-state index contributed by atoms with van der Waals surface area (Å²) in [5, 5.41) is 2.51. The summed E-state index contributed by atoms with van der Waals surface area (Å²) in [5.41, 5.74) is 1.79. The zero-order valence-electron chi connectivity index (χ0n) is 17.1. The lowest BCUT2D eigenvalue weighted by molar-refractivity contribution is -0.133. The highest BCUT2D eigenvalue weighted by molar-refractivity contribution is 6.22. The predicted octanol–water partition coefficient (Wildman–Crippen LogP) is 1.88. The quantitative estimate of drug-likeness (QED) is 0.677. The Morgan fingerprint density at radius 3 is 2.13 bits per heavy atom. The van der Waals surface area contributed by atoms with Crippen molar-refractivity contribution >= 4 is 23.6 Å². The van der Waals surface area contributed by atoms with Gasteiger partial charge in [0.2, 0.25) is 11.8 Å². The van der Waals surface area contributed by atoms with Gasteiger partial charge < -0.3 is 10.2 Å². The maximum atomic E-state index is 12.4. The predicted molar refractivity (Wildman–Crippen MR) is 112 cm³/mol. The molecule has 7 nitrogen and oxygen atoms in total. The molecule has 4 amide bonds. The van der Waals surface area contributed by atoms with Gasteiger partial charge in [0, 0.05) is 13.1 Å². The summed E-state index contributed by atoms with van der Waals surface area (Å²) < 4.78 is 0. The molecule has 2 aromatic rings. The van der Waals surface area contributed by atoms with Gasteiger partial charge in [-0.2, -0.15) is 0 Å². The van der Waals surface area contributed by atoms with E-state index in [9.17, 15) is 19.2 Å². The first-order chi connectivity index (χ1) is 14.4. The summed E-state index contributed by atoms with van der Waals surface area (Å²) in [6.45, 7) is 1.36. The number of imide groups is 1. The van der Waals surface area contributed by atoms with E-state index in [-0.39, 0.29) is 18.5 Å². The number of hydrogen-bond acceptors (Lipinski definition) is 4. The molecule has 1 heterocycles. The van der Waals surface area contributed by atoms with Gasteiger partial charge in [-0.25, -0.2) is 0 Å². The number of nitrogens with zero attached hydrogens (tertiary/aromatic N) is 2. The van der Waals surface area contributed by atoms with E-state index in [4.69, 9.17) is 0 Å². The van der Waals surface area contributed by atoms with Gasteiger partial charge in [0.05, 0.1) is 17.7 Å². The Labute approximate surface area is 175 Å². The number of carbonyl (C=O) groups excluding carboxylic acids is 4. The Hall–Kier alpha value is -3.48. The topological polar surface area (TPSA) is 86.8 Å². The number of benzene rings is 2. The molecule has 1 unspecified atom stereocenters. The second-order valence-electron chi connectivity index (χ2n) is 7.40. The standard InChI is InChI=1S/C23H25N3O4/c1-16(12-13-17-8-4-3-5-9-17)25(2)21(28)14-24-20(27)15-26-22(29)18-10-6-7-11-19(18)23(26)30/h3-11,16H,12-15H2,1-2H3,(H,24,27). The summed E-state index contributed by atoms with van der Waals surface area (Å²) >= 11 is 0. The summed E-state index contributed by atoms with van der Waals surface area (Å²) in [7, 11) is 1.70. The number of aryl methyl sites for hydroxylation is 1. The van der Waals surface area contributed by atoms with E-state index in [1.807, 2.05) is 37.3 Å². The Morgan fingerprint density at radius 1 is 0.967 bits per heavy atom. The third-order valence-corrected chi connectivity index (χ3v) is 5.36. The zero-order valence-corrected chi connectivity index (χ0v) is 17.1. The van der Waals surface area contributed by atoms with Crippen LogP contribution in [-0.4, -0.2) is 59.6 Å². The molecule has 3 rings (SSSR count). The Morgan fingerprint density at radius 2 is 1.53 bits per heavy atom. The Kier molecular flexibility index (Phi) is 6.61. The van der Waals surface area contributed by atoms with Gasteiger partial charge in [-0.1, -0.05) is 42.5 Å². The second kappa shape index (κ2) is 9.35. The number of fused-ring (bicyclic) bond motifs is 1. The van der Waals surface area contributed by atoms with Crippen molar-refractivity contribution in [3.05, 3.63) is 71.3 Å². The molecule has 1 N–H and O–H groups in total. The molecule has 0 saturated carbocycles. The van der Waals surface area contributed by atoms with Crippen molar-refractivity contribution in [1.29, 1.82) is 0 Å². The van der Waals surface area contributed by atoms with Crippen LogP contribution in [0.5, 0.6) is 0 Å². The molecule has 0 radical (unpaired) electrons. The van der Waals surface area contributed by atoms with Crippen molar-refractivity contribution in [3.63, 3.8) is 0 Å². The molecule has 0 saturated heterocycles. The first-order valence-corrected chi connectivity index (χ1v) is 9.90. The van der Waals surface area contributed by atoms with Crippen LogP contribution in [0.4, 0.5) is 0 Å². The van der Waals surface area contributed by atoms with E-state index in [1.54, 1.807) is 36.2 Å². The molecule has 0 bridgehead atoms. The van der Waals surface area contributed by atoms with Crippen LogP contribution in [0.2, 0.25) is 0 Å². The Bertz CT molecular complexity index is 923. The fraction of sp³-hybridized carbons (Fsp3) is 0.304. The highest BCUT2D eigenvalue weighted by Crippen LogP contribution is 2.21. The van der Waals surface area contributed by atoms with Crippen LogP contribution in [0, 0.1) is 0 Å². The fourth-order valence-corrected chi connectivity index (χ4v) is 3.34. The van der Waals surface area contributed by atoms with Gasteiger partial charge >= 0.3 is 0 Å². The van der Waals surface area contributed by atoms with E-state index in [0.29, 0.717) is 11.1 Å². The third kappa shape index (κ3) is 4.74. The van der Waals surface area contributed by atoms with Crippen molar-refractivity contribution in [2.45, 2.75) is 25.8 Å². The smallest absolute Gasteiger partial charge is 0.262 e. The molecule has 0 aromatic heterocycles. The SMILES string of the molecule is CC(CCc1ccccc1)N(C)C(=O)CNC(=O)CN1C(=O)c2ccccc2C1=O. The van der Waals surface area contributed by atoms with Crippen molar-refractivity contribution in [3.8, 4) is 0 Å². The van der Waals surface area contributed by atoms with Crippen LogP contribution < -0.4 is 5.32 Å². The molecule has 7 heteroatoms. The number of rotatable bonds is 8. The molecule has 0 spiro atoms. The van der Waals surface area contributed by atoms with Crippen LogP contribution in [-0.2, 0) is 16.0 Å². The largest absolute Gasteiger partial charge is 0.345 e. The number of hydrogen-bond donors (Lipinski definition) is 1. The third-order valence-electron chi connectivity index (χ3n) is 5.36. The normalized spacial score (nSPS) is 13.7. The van der Waals surface area contributed by atoms with Gasteiger partial charge in [0.25, 0.3) is 11.8 Å². The van der Waals surface area contributed by atoms with E-state index in [1.165, 1.54) is 5.56 Å². The average molecular weight is 407 g/mol. The highest BCUT2D eigenvalue weighted by atomic mass is 16.2. The molecule has 0 fully saturated rings. The maximum Gasteiger partial charge on any atom is 0.262 e. The van der Waals surface area contributed by atoms with Gasteiger partial charge in [0.1, 0.15) is 6.54 Å². The zero-order chi connectivity index (χ0) is 21.7. The first kappa shape index (κ1) is 21.2. The van der Waals surface area contributed by atoms with Crippen LogP contribution in [0.3, 0.4) is 0 Å². The fourth-order valence-electron chi connectivity index (χ4n) is 3.34. The monoisotopic (exact) mass is 407 g/mol. The molecule has 2 aromatic carbocycles. The van der Waals surface area contributed by atoms with Crippen molar-refractivity contribution in [2.75, 3.05) is 20.1 Å². The van der Waals surface area contributed by atoms with Crippen molar-refractivity contribution in [1.82, 2.24) is 15.1 Å². The lowest BCUT2D eigenvalue weighted by Gasteiger charge is -2.25. The maximum absolute atomic E-state index is 12.4. The molecular weight excluding hydrogens is 382 g/mol.